The molecule has 0 aliphatic carbocycles. The second-order valence-electron chi connectivity index (χ2n) is 4.46. The third-order valence-corrected chi connectivity index (χ3v) is 2.99. The van der Waals surface area contributed by atoms with Gasteiger partial charge in [0.05, 0.1) is 10.6 Å². The maximum atomic E-state index is 12.2. The molecule has 20 heavy (non-hydrogen) atoms. The van der Waals surface area contributed by atoms with Crippen LogP contribution >= 0.6 is 0 Å². The van der Waals surface area contributed by atoms with Crippen molar-refractivity contribution in [2.45, 2.75) is 13.8 Å². The average molecular weight is 274 g/mol. The number of amides is 1. The summed E-state index contributed by atoms with van der Waals surface area (Å²) in [4.78, 5) is 22.6. The van der Waals surface area contributed by atoms with Crippen LogP contribution in [0, 0.1) is 24.0 Å². The SMILES string of the molecule is Cc1cc(NC(=O)c2cccc([N+](=O)[O-])c2C)n(C)n1. The molecule has 0 aliphatic rings. The van der Waals surface area contributed by atoms with Gasteiger partial charge in [-0.25, -0.2) is 0 Å². The van der Waals surface area contributed by atoms with E-state index in [0.717, 1.165) is 5.69 Å². The van der Waals surface area contributed by atoms with Gasteiger partial charge in [-0.1, -0.05) is 6.07 Å². The lowest BCUT2D eigenvalue weighted by molar-refractivity contribution is -0.385. The third-order valence-electron chi connectivity index (χ3n) is 2.99. The van der Waals surface area contributed by atoms with E-state index in [2.05, 4.69) is 10.4 Å². The van der Waals surface area contributed by atoms with Crippen molar-refractivity contribution in [3.63, 3.8) is 0 Å². The number of nitrogens with one attached hydrogen (secondary N) is 1. The van der Waals surface area contributed by atoms with Gasteiger partial charge in [-0.15, -0.1) is 0 Å². The Kier molecular flexibility index (Phi) is 3.51. The van der Waals surface area contributed by atoms with Gasteiger partial charge in [-0.3, -0.25) is 19.6 Å². The van der Waals surface area contributed by atoms with Crippen molar-refractivity contribution in [3.05, 3.63) is 51.2 Å². The summed E-state index contributed by atoms with van der Waals surface area (Å²) in [5, 5.41) is 17.7. The summed E-state index contributed by atoms with van der Waals surface area (Å²) in [6.45, 7) is 3.37. The number of carbonyl (C=O) groups is 1. The summed E-state index contributed by atoms with van der Waals surface area (Å²) in [5.41, 5.74) is 1.32. The minimum absolute atomic E-state index is 0.0705. The Labute approximate surface area is 115 Å². The predicted octanol–water partition coefficient (Wildman–Crippen LogP) is 2.20. The fraction of sp³-hybridized carbons (Fsp3) is 0.231. The van der Waals surface area contributed by atoms with E-state index in [9.17, 15) is 14.9 Å². The van der Waals surface area contributed by atoms with E-state index in [1.807, 2.05) is 6.92 Å². The molecule has 0 fully saturated rings. The van der Waals surface area contributed by atoms with Crippen LogP contribution in [0.25, 0.3) is 0 Å². The predicted molar refractivity (Wildman–Crippen MR) is 73.7 cm³/mol. The highest BCUT2D eigenvalue weighted by Crippen LogP contribution is 2.22. The van der Waals surface area contributed by atoms with Gasteiger partial charge in [0.25, 0.3) is 11.6 Å². The average Bonchev–Trinajstić information content (AvgIpc) is 2.67. The Hall–Kier alpha value is -2.70. The maximum absolute atomic E-state index is 12.2. The van der Waals surface area contributed by atoms with Gasteiger partial charge in [0.2, 0.25) is 0 Å². The van der Waals surface area contributed by atoms with Crippen molar-refractivity contribution in [2.24, 2.45) is 7.05 Å². The zero-order valence-electron chi connectivity index (χ0n) is 11.4. The molecule has 0 saturated carbocycles. The van der Waals surface area contributed by atoms with Gasteiger partial charge < -0.3 is 5.32 Å². The highest BCUT2D eigenvalue weighted by molar-refractivity contribution is 6.05. The van der Waals surface area contributed by atoms with Crippen LogP contribution in [0.2, 0.25) is 0 Å². The first-order valence-corrected chi connectivity index (χ1v) is 5.96. The zero-order valence-corrected chi connectivity index (χ0v) is 11.4. The summed E-state index contributed by atoms with van der Waals surface area (Å²) >= 11 is 0. The molecule has 1 aromatic carbocycles. The molecule has 1 amide bonds. The first-order valence-electron chi connectivity index (χ1n) is 5.96. The van der Waals surface area contributed by atoms with Crippen LogP contribution in [0.3, 0.4) is 0 Å². The maximum Gasteiger partial charge on any atom is 0.273 e. The number of nitro groups is 1. The van der Waals surface area contributed by atoms with E-state index in [1.54, 1.807) is 30.8 Å². The fourth-order valence-corrected chi connectivity index (χ4v) is 1.98. The summed E-state index contributed by atoms with van der Waals surface area (Å²) in [6, 6.07) is 6.15. The first-order chi connectivity index (χ1) is 9.40. The van der Waals surface area contributed by atoms with Crippen LogP contribution in [-0.2, 0) is 7.05 Å². The minimum atomic E-state index is -0.500. The number of nitrogens with zero attached hydrogens (tertiary/aromatic N) is 3. The number of nitro benzene ring substituents is 1. The summed E-state index contributed by atoms with van der Waals surface area (Å²) in [7, 11) is 1.71. The number of aryl methyl sites for hydroxylation is 2. The number of aromatic nitrogens is 2. The summed E-state index contributed by atoms with van der Waals surface area (Å²) in [6.07, 6.45) is 0. The smallest absolute Gasteiger partial charge is 0.273 e. The molecule has 104 valence electrons. The minimum Gasteiger partial charge on any atom is -0.307 e. The lowest BCUT2D eigenvalue weighted by Crippen LogP contribution is -2.16. The molecule has 0 spiro atoms. The molecule has 2 rings (SSSR count). The van der Waals surface area contributed by atoms with Crippen molar-refractivity contribution in [1.82, 2.24) is 9.78 Å². The van der Waals surface area contributed by atoms with Crippen LogP contribution in [0.4, 0.5) is 11.5 Å². The van der Waals surface area contributed by atoms with Crippen LogP contribution < -0.4 is 5.32 Å². The van der Waals surface area contributed by atoms with Crippen LogP contribution in [0.5, 0.6) is 0 Å². The number of hydrogen-bond donors (Lipinski definition) is 1. The number of rotatable bonds is 3. The van der Waals surface area contributed by atoms with Crippen molar-refractivity contribution >= 4 is 17.4 Å². The fourth-order valence-electron chi connectivity index (χ4n) is 1.98. The molecule has 1 heterocycles. The van der Waals surface area contributed by atoms with E-state index in [4.69, 9.17) is 0 Å². The lowest BCUT2D eigenvalue weighted by Gasteiger charge is -2.07. The van der Waals surface area contributed by atoms with Crippen LogP contribution in [-0.4, -0.2) is 20.6 Å². The number of hydrogen-bond acceptors (Lipinski definition) is 4. The Morgan fingerprint density at radius 1 is 1.40 bits per heavy atom. The van der Waals surface area contributed by atoms with Gasteiger partial charge in [-0.05, 0) is 19.9 Å². The highest BCUT2D eigenvalue weighted by Gasteiger charge is 2.18. The second kappa shape index (κ2) is 5.12. The second-order valence-corrected chi connectivity index (χ2v) is 4.46. The largest absolute Gasteiger partial charge is 0.307 e. The van der Waals surface area contributed by atoms with Gasteiger partial charge in [0.1, 0.15) is 5.82 Å². The molecule has 0 aliphatic heterocycles. The third kappa shape index (κ3) is 2.51. The summed E-state index contributed by atoms with van der Waals surface area (Å²) in [5.74, 6) is 0.146. The molecule has 1 aromatic heterocycles. The molecule has 0 bridgehead atoms. The van der Waals surface area contributed by atoms with Gasteiger partial charge in [-0.2, -0.15) is 5.10 Å². The number of carbonyl (C=O) groups excluding carboxylic acids is 1. The monoisotopic (exact) mass is 274 g/mol. The molecule has 0 atom stereocenters. The van der Waals surface area contributed by atoms with Gasteiger partial charge >= 0.3 is 0 Å². The molecule has 0 saturated heterocycles. The van der Waals surface area contributed by atoms with Crippen molar-refractivity contribution in [3.8, 4) is 0 Å². The van der Waals surface area contributed by atoms with Crippen LogP contribution in [0.1, 0.15) is 21.6 Å². The quantitative estimate of drug-likeness (QED) is 0.686. The van der Waals surface area contributed by atoms with Crippen molar-refractivity contribution < 1.29 is 9.72 Å². The molecule has 1 N–H and O–H groups in total. The molecule has 0 unspecified atom stereocenters. The van der Waals surface area contributed by atoms with E-state index in [0.29, 0.717) is 11.4 Å². The standard InChI is InChI=1S/C13H14N4O3/c1-8-7-12(16(3)15-8)14-13(18)10-5-4-6-11(9(10)2)17(19)20/h4-7H,1-3H3,(H,14,18). The molecule has 2 aromatic rings. The van der Waals surface area contributed by atoms with Crippen molar-refractivity contribution in [1.29, 1.82) is 0 Å². The molecule has 7 heteroatoms. The summed E-state index contributed by atoms with van der Waals surface area (Å²) < 4.78 is 1.54. The Balaban J connectivity index is 2.32. The molecular formula is C13H14N4O3. The number of anilines is 1. The molecular weight excluding hydrogens is 260 g/mol. The number of benzene rings is 1. The van der Waals surface area contributed by atoms with Crippen molar-refractivity contribution in [2.75, 3.05) is 5.32 Å². The Bertz CT molecular complexity index is 691. The molecule has 7 nitrogen and oxygen atoms in total. The highest BCUT2D eigenvalue weighted by atomic mass is 16.6. The Morgan fingerprint density at radius 3 is 2.65 bits per heavy atom. The van der Waals surface area contributed by atoms with E-state index in [-0.39, 0.29) is 11.3 Å². The first kappa shape index (κ1) is 13.7. The van der Waals surface area contributed by atoms with E-state index < -0.39 is 10.8 Å². The van der Waals surface area contributed by atoms with E-state index >= 15 is 0 Å². The normalized spacial score (nSPS) is 10.3. The zero-order chi connectivity index (χ0) is 14.9. The lowest BCUT2D eigenvalue weighted by atomic mass is 10.1. The molecule has 0 radical (unpaired) electrons. The van der Waals surface area contributed by atoms with Gasteiger partial charge in [0.15, 0.2) is 0 Å². The van der Waals surface area contributed by atoms with E-state index in [1.165, 1.54) is 12.1 Å². The van der Waals surface area contributed by atoms with Gasteiger partial charge in [0, 0.05) is 30.3 Å². The van der Waals surface area contributed by atoms with Crippen LogP contribution in [0.15, 0.2) is 24.3 Å². The topological polar surface area (TPSA) is 90.1 Å². The Morgan fingerprint density at radius 2 is 2.10 bits per heavy atom.